The molecule has 0 radical (unpaired) electrons. The average Bonchev–Trinajstić information content (AvgIpc) is 2.22. The molecule has 3 nitrogen and oxygen atoms in total. The molecule has 1 aliphatic heterocycles. The Kier molecular flexibility index (Phi) is 5.94. The lowest BCUT2D eigenvalue weighted by molar-refractivity contribution is 0.142. The van der Waals surface area contributed by atoms with E-state index < -0.39 is 0 Å². The molecule has 1 N–H and O–H groups in total. The molecule has 0 aromatic rings. The zero-order valence-corrected chi connectivity index (χ0v) is 11.6. The quantitative estimate of drug-likeness (QED) is 0.659. The highest BCUT2D eigenvalue weighted by atomic mass is 15.2. The smallest absolute Gasteiger partial charge is 0.0683 e. The number of nitriles is 1. The third kappa shape index (κ3) is 5.06. The number of rotatable bonds is 8. The van der Waals surface area contributed by atoms with E-state index in [0.29, 0.717) is 0 Å². The fourth-order valence-electron chi connectivity index (χ4n) is 2.23. The molecule has 1 saturated heterocycles. The lowest BCUT2D eigenvalue weighted by Crippen LogP contribution is -2.57. The van der Waals surface area contributed by atoms with Gasteiger partial charge in [-0.1, -0.05) is 13.3 Å². The Morgan fingerprint density at radius 3 is 2.47 bits per heavy atom. The fraction of sp³-hybridized carbons (Fsp3) is 0.929. The van der Waals surface area contributed by atoms with Gasteiger partial charge in [0.2, 0.25) is 0 Å². The molecule has 0 saturated carbocycles. The summed E-state index contributed by atoms with van der Waals surface area (Å²) in [6, 6.07) is 3.14. The first-order chi connectivity index (χ1) is 8.09. The van der Waals surface area contributed by atoms with E-state index in [1.807, 2.05) is 13.8 Å². The van der Waals surface area contributed by atoms with Crippen LogP contribution in [-0.2, 0) is 0 Å². The predicted octanol–water partition coefficient (Wildman–Crippen LogP) is 2.39. The SMILES string of the molecule is CCCN(CCCCC(C)(C)C#N)C1CNC1. The van der Waals surface area contributed by atoms with E-state index in [9.17, 15) is 0 Å². The Labute approximate surface area is 106 Å². The molecule has 0 unspecified atom stereocenters. The summed E-state index contributed by atoms with van der Waals surface area (Å²) >= 11 is 0. The average molecular weight is 237 g/mol. The maximum atomic E-state index is 8.95. The predicted molar refractivity (Wildman–Crippen MR) is 71.8 cm³/mol. The molecule has 0 aromatic heterocycles. The van der Waals surface area contributed by atoms with Gasteiger partial charge >= 0.3 is 0 Å². The zero-order valence-electron chi connectivity index (χ0n) is 11.6. The summed E-state index contributed by atoms with van der Waals surface area (Å²) in [7, 11) is 0. The molecular formula is C14H27N3. The highest BCUT2D eigenvalue weighted by Gasteiger charge is 2.23. The summed E-state index contributed by atoms with van der Waals surface area (Å²) in [6.45, 7) is 11.0. The van der Waals surface area contributed by atoms with Gasteiger partial charge in [-0.05, 0) is 46.2 Å². The van der Waals surface area contributed by atoms with Gasteiger partial charge in [-0.3, -0.25) is 4.90 Å². The van der Waals surface area contributed by atoms with Gasteiger partial charge in [-0.25, -0.2) is 0 Å². The summed E-state index contributed by atoms with van der Waals surface area (Å²) in [6.07, 6.45) is 4.65. The highest BCUT2D eigenvalue weighted by molar-refractivity contribution is 4.91. The van der Waals surface area contributed by atoms with Gasteiger partial charge < -0.3 is 5.32 Å². The van der Waals surface area contributed by atoms with E-state index in [4.69, 9.17) is 5.26 Å². The van der Waals surface area contributed by atoms with E-state index in [-0.39, 0.29) is 5.41 Å². The molecule has 0 aromatic carbocycles. The molecule has 1 rings (SSSR count). The Morgan fingerprint density at radius 2 is 2.00 bits per heavy atom. The van der Waals surface area contributed by atoms with Crippen LogP contribution in [0.5, 0.6) is 0 Å². The van der Waals surface area contributed by atoms with Crippen LogP contribution in [0.1, 0.15) is 46.5 Å². The second-order valence-corrected chi connectivity index (χ2v) is 5.80. The van der Waals surface area contributed by atoms with Crippen LogP contribution in [0.3, 0.4) is 0 Å². The van der Waals surface area contributed by atoms with Crippen molar-refractivity contribution in [3.05, 3.63) is 0 Å². The van der Waals surface area contributed by atoms with Crippen molar-refractivity contribution in [3.8, 4) is 6.07 Å². The van der Waals surface area contributed by atoms with E-state index in [1.165, 1.54) is 32.4 Å². The van der Waals surface area contributed by atoms with E-state index in [0.717, 1.165) is 25.6 Å². The van der Waals surface area contributed by atoms with Gasteiger partial charge in [0.05, 0.1) is 11.5 Å². The summed E-state index contributed by atoms with van der Waals surface area (Å²) in [5.41, 5.74) is -0.145. The highest BCUT2D eigenvalue weighted by Crippen LogP contribution is 2.22. The molecule has 1 aliphatic rings. The number of nitrogens with zero attached hydrogens (tertiary/aromatic N) is 2. The van der Waals surface area contributed by atoms with Crippen molar-refractivity contribution >= 4 is 0 Å². The first kappa shape index (κ1) is 14.5. The standard InChI is InChI=1S/C14H27N3/c1-4-8-17(13-10-16-11-13)9-6-5-7-14(2,3)12-15/h13,16H,4-11H2,1-3H3. The van der Waals surface area contributed by atoms with Gasteiger partial charge in [-0.2, -0.15) is 5.26 Å². The monoisotopic (exact) mass is 237 g/mol. The summed E-state index contributed by atoms with van der Waals surface area (Å²) in [5, 5.41) is 12.3. The minimum atomic E-state index is -0.145. The molecule has 98 valence electrons. The van der Waals surface area contributed by atoms with Crippen molar-refractivity contribution in [1.29, 1.82) is 5.26 Å². The zero-order chi connectivity index (χ0) is 12.7. The second-order valence-electron chi connectivity index (χ2n) is 5.80. The largest absolute Gasteiger partial charge is 0.314 e. The van der Waals surface area contributed by atoms with Gasteiger partial charge in [0.15, 0.2) is 0 Å². The topological polar surface area (TPSA) is 39.1 Å². The maximum absolute atomic E-state index is 8.95. The number of nitrogens with one attached hydrogen (secondary N) is 1. The Hall–Kier alpha value is -0.590. The van der Waals surface area contributed by atoms with E-state index >= 15 is 0 Å². The number of hydrogen-bond acceptors (Lipinski definition) is 3. The molecule has 0 spiro atoms. The van der Waals surface area contributed by atoms with Crippen molar-refractivity contribution in [2.24, 2.45) is 5.41 Å². The lowest BCUT2D eigenvalue weighted by atomic mass is 9.89. The Morgan fingerprint density at radius 1 is 1.29 bits per heavy atom. The van der Waals surface area contributed by atoms with Crippen LogP contribution in [0.4, 0.5) is 0 Å². The minimum Gasteiger partial charge on any atom is -0.314 e. The minimum absolute atomic E-state index is 0.145. The molecule has 0 aliphatic carbocycles. The van der Waals surface area contributed by atoms with Crippen molar-refractivity contribution in [2.75, 3.05) is 26.2 Å². The van der Waals surface area contributed by atoms with Crippen LogP contribution in [0.25, 0.3) is 0 Å². The van der Waals surface area contributed by atoms with Crippen LogP contribution in [-0.4, -0.2) is 37.1 Å². The van der Waals surface area contributed by atoms with Gasteiger partial charge in [-0.15, -0.1) is 0 Å². The van der Waals surface area contributed by atoms with Gasteiger partial charge in [0.1, 0.15) is 0 Å². The lowest BCUT2D eigenvalue weighted by Gasteiger charge is -2.38. The van der Waals surface area contributed by atoms with Crippen LogP contribution in [0.2, 0.25) is 0 Å². The van der Waals surface area contributed by atoms with E-state index in [2.05, 4.69) is 23.2 Å². The van der Waals surface area contributed by atoms with Crippen LogP contribution < -0.4 is 5.32 Å². The summed E-state index contributed by atoms with van der Waals surface area (Å²) in [4.78, 5) is 2.61. The first-order valence-electron chi connectivity index (χ1n) is 6.95. The molecule has 17 heavy (non-hydrogen) atoms. The maximum Gasteiger partial charge on any atom is 0.0683 e. The Balaban J connectivity index is 2.16. The molecule has 0 atom stereocenters. The third-order valence-corrected chi connectivity index (χ3v) is 3.59. The summed E-state index contributed by atoms with van der Waals surface area (Å²) < 4.78 is 0. The van der Waals surface area contributed by atoms with Crippen LogP contribution in [0, 0.1) is 16.7 Å². The molecule has 1 fully saturated rings. The van der Waals surface area contributed by atoms with Gasteiger partial charge in [0.25, 0.3) is 0 Å². The first-order valence-corrected chi connectivity index (χ1v) is 6.95. The normalized spacial score (nSPS) is 16.9. The molecular weight excluding hydrogens is 210 g/mol. The number of unbranched alkanes of at least 4 members (excludes halogenated alkanes) is 1. The van der Waals surface area contributed by atoms with Crippen LogP contribution >= 0.6 is 0 Å². The fourth-order valence-corrected chi connectivity index (χ4v) is 2.23. The van der Waals surface area contributed by atoms with E-state index in [1.54, 1.807) is 0 Å². The van der Waals surface area contributed by atoms with Crippen molar-refractivity contribution in [2.45, 2.75) is 52.5 Å². The van der Waals surface area contributed by atoms with Crippen molar-refractivity contribution < 1.29 is 0 Å². The second kappa shape index (κ2) is 6.98. The molecule has 3 heteroatoms. The summed E-state index contributed by atoms with van der Waals surface area (Å²) in [5.74, 6) is 0. The molecule has 0 amide bonds. The van der Waals surface area contributed by atoms with Gasteiger partial charge in [0, 0.05) is 19.1 Å². The van der Waals surface area contributed by atoms with Crippen molar-refractivity contribution in [1.82, 2.24) is 10.2 Å². The Bertz CT molecular complexity index is 251. The number of hydrogen-bond donors (Lipinski definition) is 1. The molecule has 0 bridgehead atoms. The van der Waals surface area contributed by atoms with Crippen molar-refractivity contribution in [3.63, 3.8) is 0 Å². The third-order valence-electron chi connectivity index (χ3n) is 3.59. The molecule has 1 heterocycles. The van der Waals surface area contributed by atoms with Crippen LogP contribution in [0.15, 0.2) is 0 Å².